The standard InChI is InChI=1S/C17H13BrN2O4S/c1-24-15(21)10-20-16(22)14(25-17(20)23)9-13-3-2-8-19(13)12-6-4-11(18)5-7-12/h2-9H,10H2,1H3. The molecular weight excluding hydrogens is 408 g/mol. The fourth-order valence-corrected chi connectivity index (χ4v) is 3.40. The van der Waals surface area contributed by atoms with Gasteiger partial charge in [-0.2, -0.15) is 0 Å². The van der Waals surface area contributed by atoms with E-state index >= 15 is 0 Å². The highest BCUT2D eigenvalue weighted by Gasteiger charge is 2.36. The van der Waals surface area contributed by atoms with Crippen molar-refractivity contribution in [2.75, 3.05) is 13.7 Å². The molecule has 0 atom stereocenters. The quantitative estimate of drug-likeness (QED) is 0.559. The van der Waals surface area contributed by atoms with Crippen molar-refractivity contribution in [3.63, 3.8) is 0 Å². The van der Waals surface area contributed by atoms with E-state index in [1.165, 1.54) is 7.11 Å². The third kappa shape index (κ3) is 3.69. The van der Waals surface area contributed by atoms with Gasteiger partial charge >= 0.3 is 5.97 Å². The lowest BCUT2D eigenvalue weighted by Gasteiger charge is -2.10. The summed E-state index contributed by atoms with van der Waals surface area (Å²) in [6.45, 7) is -0.383. The molecule has 25 heavy (non-hydrogen) atoms. The van der Waals surface area contributed by atoms with Crippen molar-refractivity contribution in [1.29, 1.82) is 0 Å². The van der Waals surface area contributed by atoms with Crippen LogP contribution in [-0.4, -0.2) is 40.2 Å². The maximum Gasteiger partial charge on any atom is 0.325 e. The van der Waals surface area contributed by atoms with Gasteiger partial charge in [-0.1, -0.05) is 15.9 Å². The highest BCUT2D eigenvalue weighted by atomic mass is 79.9. The van der Waals surface area contributed by atoms with E-state index in [-0.39, 0.29) is 11.4 Å². The molecular formula is C17H13BrN2O4S. The van der Waals surface area contributed by atoms with Gasteiger partial charge in [-0.15, -0.1) is 0 Å². The van der Waals surface area contributed by atoms with Crippen LogP contribution in [0.25, 0.3) is 11.8 Å². The molecule has 6 nitrogen and oxygen atoms in total. The molecule has 0 N–H and O–H groups in total. The molecule has 0 spiro atoms. The summed E-state index contributed by atoms with van der Waals surface area (Å²) in [6, 6.07) is 11.4. The Labute approximate surface area is 156 Å². The van der Waals surface area contributed by atoms with E-state index in [2.05, 4.69) is 20.7 Å². The van der Waals surface area contributed by atoms with Gasteiger partial charge in [0.1, 0.15) is 6.54 Å². The first-order chi connectivity index (χ1) is 12.0. The number of rotatable bonds is 4. The summed E-state index contributed by atoms with van der Waals surface area (Å²) in [5.41, 5.74) is 1.68. The second-order valence-corrected chi connectivity index (χ2v) is 7.03. The number of carbonyl (C=O) groups is 3. The number of benzene rings is 1. The Morgan fingerprint density at radius 3 is 2.64 bits per heavy atom. The zero-order chi connectivity index (χ0) is 18.0. The Kier molecular flexibility index (Phi) is 5.10. The molecule has 128 valence electrons. The van der Waals surface area contributed by atoms with E-state index in [0.29, 0.717) is 0 Å². The molecule has 1 aromatic carbocycles. The minimum Gasteiger partial charge on any atom is -0.468 e. The molecule has 2 aromatic rings. The fraction of sp³-hybridized carbons (Fsp3) is 0.118. The number of imide groups is 1. The number of esters is 1. The van der Waals surface area contributed by atoms with Crippen LogP contribution in [0.4, 0.5) is 4.79 Å². The number of amides is 2. The summed E-state index contributed by atoms with van der Waals surface area (Å²) in [6.07, 6.45) is 3.51. The average Bonchev–Trinajstić information content (AvgIpc) is 3.16. The maximum atomic E-state index is 12.4. The van der Waals surface area contributed by atoms with Crippen LogP contribution in [0.3, 0.4) is 0 Å². The second-order valence-electron chi connectivity index (χ2n) is 5.12. The van der Waals surface area contributed by atoms with Crippen molar-refractivity contribution in [3.05, 3.63) is 57.7 Å². The fourth-order valence-electron chi connectivity index (χ4n) is 2.31. The minimum absolute atomic E-state index is 0.269. The molecule has 0 aliphatic carbocycles. The SMILES string of the molecule is COC(=O)CN1C(=O)SC(=Cc2cccn2-c2ccc(Br)cc2)C1=O. The number of halogens is 1. The predicted octanol–water partition coefficient (Wildman–Crippen LogP) is 3.45. The first kappa shape index (κ1) is 17.5. The molecule has 1 fully saturated rings. The Hall–Kier alpha value is -2.32. The number of hydrogen-bond donors (Lipinski definition) is 0. The van der Waals surface area contributed by atoms with Gasteiger partial charge in [0.2, 0.25) is 0 Å². The van der Waals surface area contributed by atoms with Gasteiger partial charge in [0.15, 0.2) is 0 Å². The minimum atomic E-state index is -0.637. The van der Waals surface area contributed by atoms with Crippen LogP contribution >= 0.6 is 27.7 Å². The zero-order valence-electron chi connectivity index (χ0n) is 13.1. The number of hydrogen-bond acceptors (Lipinski definition) is 5. The van der Waals surface area contributed by atoms with Crippen molar-refractivity contribution in [2.45, 2.75) is 0 Å². The molecule has 1 aromatic heterocycles. The second kappa shape index (κ2) is 7.28. The molecule has 8 heteroatoms. The molecule has 1 aliphatic heterocycles. The Morgan fingerprint density at radius 1 is 1.24 bits per heavy atom. The van der Waals surface area contributed by atoms with Crippen LogP contribution in [0, 0.1) is 0 Å². The van der Waals surface area contributed by atoms with Crippen LogP contribution in [0.1, 0.15) is 5.69 Å². The first-order valence-corrected chi connectivity index (χ1v) is 8.86. The van der Waals surface area contributed by atoms with E-state index in [0.717, 1.165) is 32.5 Å². The first-order valence-electron chi connectivity index (χ1n) is 7.25. The zero-order valence-corrected chi connectivity index (χ0v) is 15.5. The van der Waals surface area contributed by atoms with Gasteiger partial charge in [-0.25, -0.2) is 0 Å². The van der Waals surface area contributed by atoms with Crippen molar-refractivity contribution < 1.29 is 19.1 Å². The molecule has 2 amide bonds. The number of methoxy groups -OCH3 is 1. The van der Waals surface area contributed by atoms with E-state index in [4.69, 9.17) is 0 Å². The van der Waals surface area contributed by atoms with Crippen LogP contribution in [0.5, 0.6) is 0 Å². The van der Waals surface area contributed by atoms with Crippen molar-refractivity contribution in [2.24, 2.45) is 0 Å². The third-order valence-electron chi connectivity index (χ3n) is 3.55. The molecule has 0 bridgehead atoms. The summed E-state index contributed by atoms with van der Waals surface area (Å²) in [5, 5.41) is -0.483. The highest BCUT2D eigenvalue weighted by molar-refractivity contribution is 9.10. The van der Waals surface area contributed by atoms with Crippen molar-refractivity contribution in [3.8, 4) is 5.69 Å². The largest absolute Gasteiger partial charge is 0.468 e. The molecule has 2 heterocycles. The van der Waals surface area contributed by atoms with E-state index < -0.39 is 17.1 Å². The van der Waals surface area contributed by atoms with Gasteiger partial charge in [0, 0.05) is 22.1 Å². The van der Waals surface area contributed by atoms with E-state index in [1.54, 1.807) is 6.08 Å². The Bertz CT molecular complexity index is 873. The van der Waals surface area contributed by atoms with Gasteiger partial charge in [0.05, 0.1) is 12.0 Å². The number of ether oxygens (including phenoxy) is 1. The highest BCUT2D eigenvalue weighted by Crippen LogP contribution is 2.32. The summed E-state index contributed by atoms with van der Waals surface area (Å²) in [5.74, 6) is -1.13. The molecule has 1 aliphatic rings. The van der Waals surface area contributed by atoms with Crippen LogP contribution in [0.2, 0.25) is 0 Å². The normalized spacial score (nSPS) is 15.9. The lowest BCUT2D eigenvalue weighted by molar-refractivity contribution is -0.143. The predicted molar refractivity (Wildman–Crippen MR) is 98.2 cm³/mol. The van der Waals surface area contributed by atoms with Crippen LogP contribution in [0.15, 0.2) is 52.0 Å². The lowest BCUT2D eigenvalue weighted by Crippen LogP contribution is -2.34. The third-order valence-corrected chi connectivity index (χ3v) is 4.99. The summed E-state index contributed by atoms with van der Waals surface area (Å²) in [7, 11) is 1.21. The number of carbonyl (C=O) groups excluding carboxylic acids is 3. The Morgan fingerprint density at radius 2 is 1.96 bits per heavy atom. The maximum absolute atomic E-state index is 12.4. The smallest absolute Gasteiger partial charge is 0.325 e. The number of aromatic nitrogens is 1. The monoisotopic (exact) mass is 420 g/mol. The van der Waals surface area contributed by atoms with E-state index in [1.807, 2.05) is 47.2 Å². The molecule has 0 saturated carbocycles. The average molecular weight is 421 g/mol. The summed E-state index contributed by atoms with van der Waals surface area (Å²) < 4.78 is 7.38. The Balaban J connectivity index is 1.88. The molecule has 3 rings (SSSR count). The topological polar surface area (TPSA) is 68.6 Å². The van der Waals surface area contributed by atoms with Gasteiger partial charge < -0.3 is 9.30 Å². The number of thioether (sulfide) groups is 1. The molecule has 0 radical (unpaired) electrons. The number of nitrogens with zero attached hydrogens (tertiary/aromatic N) is 2. The van der Waals surface area contributed by atoms with Crippen molar-refractivity contribution in [1.82, 2.24) is 9.47 Å². The van der Waals surface area contributed by atoms with Crippen molar-refractivity contribution >= 4 is 50.9 Å². The summed E-state index contributed by atoms with van der Waals surface area (Å²) in [4.78, 5) is 36.9. The van der Waals surface area contributed by atoms with Gasteiger partial charge in [0.25, 0.3) is 11.1 Å². The molecule has 1 saturated heterocycles. The van der Waals surface area contributed by atoms with Gasteiger partial charge in [-0.3, -0.25) is 19.3 Å². The van der Waals surface area contributed by atoms with Crippen LogP contribution in [-0.2, 0) is 14.3 Å². The van der Waals surface area contributed by atoms with E-state index in [9.17, 15) is 14.4 Å². The van der Waals surface area contributed by atoms with Gasteiger partial charge in [-0.05, 0) is 54.2 Å². The van der Waals surface area contributed by atoms with Crippen LogP contribution < -0.4 is 0 Å². The molecule has 0 unspecified atom stereocenters. The lowest BCUT2D eigenvalue weighted by atomic mass is 10.3. The summed E-state index contributed by atoms with van der Waals surface area (Å²) >= 11 is 4.20.